The number of hydrogen-bond acceptors (Lipinski definition) is 3. The predicted molar refractivity (Wildman–Crippen MR) is 46.6 cm³/mol. The number of hydrogen-bond donors (Lipinski definition) is 1. The molecule has 5 heteroatoms. The maximum Gasteiger partial charge on any atom is 0.321 e. The van der Waals surface area contributed by atoms with Crippen LogP contribution in [-0.4, -0.2) is 39.5 Å². The Labute approximate surface area is 74.4 Å². The summed E-state index contributed by atoms with van der Waals surface area (Å²) in [6.07, 6.45) is 0. The van der Waals surface area contributed by atoms with Gasteiger partial charge in [-0.25, -0.2) is 0 Å². The van der Waals surface area contributed by atoms with Crippen molar-refractivity contribution in [3.8, 4) is 0 Å². The number of methoxy groups -OCH3 is 1. The van der Waals surface area contributed by atoms with Crippen molar-refractivity contribution >= 4 is 16.8 Å². The Morgan fingerprint density at radius 2 is 2.08 bits per heavy atom. The topological polar surface area (TPSA) is 63.6 Å². The van der Waals surface area contributed by atoms with Crippen LogP contribution in [-0.2, 0) is 20.3 Å². The Balaban J connectivity index is 4.16. The summed E-state index contributed by atoms with van der Waals surface area (Å²) in [7, 11) is 0.106. The molecule has 0 aromatic heterocycles. The molecule has 1 atom stereocenters. The third-order valence-electron chi connectivity index (χ3n) is 1.56. The Hall–Kier alpha value is -0.420. The Bertz CT molecular complexity index is 188. The quantitative estimate of drug-likeness (QED) is 0.681. The van der Waals surface area contributed by atoms with Crippen LogP contribution in [0.25, 0.3) is 0 Å². The third-order valence-corrected chi connectivity index (χ3v) is 3.41. The van der Waals surface area contributed by atoms with Crippen LogP contribution in [0.5, 0.6) is 0 Å². The molecule has 0 amide bonds. The molecule has 4 nitrogen and oxygen atoms in total. The highest BCUT2D eigenvalue weighted by Gasteiger charge is 2.33. The maximum absolute atomic E-state index is 11.3. The van der Waals surface area contributed by atoms with E-state index >= 15 is 0 Å². The van der Waals surface area contributed by atoms with Gasteiger partial charge in [0.05, 0.1) is 6.61 Å². The van der Waals surface area contributed by atoms with Crippen LogP contribution in [0.15, 0.2) is 0 Å². The van der Waals surface area contributed by atoms with Crippen molar-refractivity contribution in [2.24, 2.45) is 0 Å². The third kappa shape index (κ3) is 2.91. The van der Waals surface area contributed by atoms with Gasteiger partial charge >= 0.3 is 5.97 Å². The van der Waals surface area contributed by atoms with Gasteiger partial charge in [-0.3, -0.25) is 9.00 Å². The van der Waals surface area contributed by atoms with Gasteiger partial charge in [0, 0.05) is 23.7 Å². The lowest BCUT2D eigenvalue weighted by Gasteiger charge is -2.17. The number of carboxylic acids is 1. The van der Waals surface area contributed by atoms with Gasteiger partial charge in [0.1, 0.15) is 4.75 Å². The Kier molecular flexibility index (Phi) is 4.41. The highest BCUT2D eigenvalue weighted by Crippen LogP contribution is 2.12. The molecule has 0 heterocycles. The highest BCUT2D eigenvalue weighted by atomic mass is 32.2. The van der Waals surface area contributed by atoms with Crippen LogP contribution in [0.2, 0.25) is 0 Å². The zero-order valence-corrected chi connectivity index (χ0v) is 8.31. The van der Waals surface area contributed by atoms with Crippen molar-refractivity contribution in [1.82, 2.24) is 0 Å². The first-order valence-corrected chi connectivity index (χ1v) is 4.85. The second-order valence-electron chi connectivity index (χ2n) is 2.86. The lowest BCUT2D eigenvalue weighted by Crippen LogP contribution is -2.38. The average Bonchev–Trinajstić information content (AvgIpc) is 1.99. The van der Waals surface area contributed by atoms with E-state index in [-0.39, 0.29) is 5.75 Å². The summed E-state index contributed by atoms with van der Waals surface area (Å²) in [4.78, 5) is 10.6. The van der Waals surface area contributed by atoms with Gasteiger partial charge in [0.25, 0.3) is 0 Å². The lowest BCUT2D eigenvalue weighted by atomic mass is 10.2. The SMILES string of the molecule is COCCS(=O)C(C)(C)C(=O)O. The summed E-state index contributed by atoms with van der Waals surface area (Å²) in [5, 5.41) is 8.68. The van der Waals surface area contributed by atoms with Crippen molar-refractivity contribution in [2.45, 2.75) is 18.6 Å². The van der Waals surface area contributed by atoms with Gasteiger partial charge in [0.15, 0.2) is 0 Å². The molecule has 0 aliphatic rings. The fourth-order valence-electron chi connectivity index (χ4n) is 0.512. The van der Waals surface area contributed by atoms with Crippen molar-refractivity contribution in [3.05, 3.63) is 0 Å². The van der Waals surface area contributed by atoms with Crippen molar-refractivity contribution < 1.29 is 18.8 Å². The lowest BCUT2D eigenvalue weighted by molar-refractivity contribution is -0.139. The van der Waals surface area contributed by atoms with Gasteiger partial charge in [0.2, 0.25) is 0 Å². The molecule has 0 aliphatic heterocycles. The van der Waals surface area contributed by atoms with E-state index in [1.54, 1.807) is 0 Å². The van der Waals surface area contributed by atoms with Crippen molar-refractivity contribution in [3.63, 3.8) is 0 Å². The zero-order chi connectivity index (χ0) is 9.78. The first-order valence-electron chi connectivity index (χ1n) is 3.53. The van der Waals surface area contributed by atoms with E-state index in [1.165, 1.54) is 21.0 Å². The van der Waals surface area contributed by atoms with Crippen LogP contribution in [0.3, 0.4) is 0 Å². The van der Waals surface area contributed by atoms with Crippen molar-refractivity contribution in [2.75, 3.05) is 19.5 Å². The maximum atomic E-state index is 11.3. The van der Waals surface area contributed by atoms with Gasteiger partial charge < -0.3 is 9.84 Å². The Morgan fingerprint density at radius 3 is 2.42 bits per heavy atom. The van der Waals surface area contributed by atoms with Gasteiger partial charge in [-0.2, -0.15) is 0 Å². The molecule has 0 spiro atoms. The summed E-state index contributed by atoms with van der Waals surface area (Å²) in [5.74, 6) is -0.785. The second kappa shape index (κ2) is 4.57. The summed E-state index contributed by atoms with van der Waals surface area (Å²) < 4.78 is 14.8. The van der Waals surface area contributed by atoms with E-state index in [0.29, 0.717) is 6.61 Å². The predicted octanol–water partition coefficient (Wildman–Crippen LogP) is 0.245. The van der Waals surface area contributed by atoms with Crippen LogP contribution in [0, 0.1) is 0 Å². The van der Waals surface area contributed by atoms with Gasteiger partial charge in [-0.1, -0.05) is 0 Å². The summed E-state index contributed by atoms with van der Waals surface area (Å²) in [6, 6.07) is 0. The van der Waals surface area contributed by atoms with Crippen LogP contribution in [0.4, 0.5) is 0 Å². The molecular formula is C7H14O4S. The average molecular weight is 194 g/mol. The van der Waals surface area contributed by atoms with Gasteiger partial charge in [-0.05, 0) is 13.8 Å². The molecule has 1 unspecified atom stereocenters. The monoisotopic (exact) mass is 194 g/mol. The number of carboxylic acid groups (broad SMARTS) is 1. The van der Waals surface area contributed by atoms with E-state index in [2.05, 4.69) is 0 Å². The molecular weight excluding hydrogens is 180 g/mol. The van der Waals surface area contributed by atoms with E-state index in [1.807, 2.05) is 0 Å². The number of carbonyl (C=O) groups is 1. The molecule has 0 rings (SSSR count). The van der Waals surface area contributed by atoms with E-state index < -0.39 is 21.5 Å². The molecule has 12 heavy (non-hydrogen) atoms. The fraction of sp³-hybridized carbons (Fsp3) is 0.857. The minimum Gasteiger partial charge on any atom is -0.480 e. The minimum absolute atomic E-state index is 0.260. The zero-order valence-electron chi connectivity index (χ0n) is 7.49. The fourth-order valence-corrected chi connectivity index (χ4v) is 1.53. The molecule has 0 aliphatic carbocycles. The molecule has 1 N–H and O–H groups in total. The molecule has 0 radical (unpaired) electrons. The standard InChI is InChI=1S/C7H14O4S/c1-7(2,6(8)9)12(10)5-4-11-3/h4-5H2,1-3H3,(H,8,9). The molecule has 0 saturated heterocycles. The number of rotatable bonds is 5. The first kappa shape index (κ1) is 11.6. The molecule has 0 aromatic carbocycles. The number of ether oxygens (including phenoxy) is 1. The summed E-state index contributed by atoms with van der Waals surface area (Å²) >= 11 is 0. The van der Waals surface area contributed by atoms with E-state index in [4.69, 9.17) is 9.84 Å². The van der Waals surface area contributed by atoms with Crippen molar-refractivity contribution in [1.29, 1.82) is 0 Å². The normalized spacial score (nSPS) is 14.2. The van der Waals surface area contributed by atoms with Crippen LogP contribution < -0.4 is 0 Å². The largest absolute Gasteiger partial charge is 0.480 e. The van der Waals surface area contributed by atoms with Gasteiger partial charge in [-0.15, -0.1) is 0 Å². The summed E-state index contributed by atoms with van der Waals surface area (Å²) in [5.41, 5.74) is 0. The van der Waals surface area contributed by atoms with E-state index in [9.17, 15) is 9.00 Å². The Morgan fingerprint density at radius 1 is 1.58 bits per heavy atom. The van der Waals surface area contributed by atoms with Crippen LogP contribution >= 0.6 is 0 Å². The molecule has 0 bridgehead atoms. The van der Waals surface area contributed by atoms with Crippen LogP contribution in [0.1, 0.15) is 13.8 Å². The molecule has 0 saturated carbocycles. The molecule has 72 valence electrons. The smallest absolute Gasteiger partial charge is 0.321 e. The first-order chi connectivity index (χ1) is 5.42. The second-order valence-corrected chi connectivity index (χ2v) is 4.98. The minimum atomic E-state index is -1.38. The highest BCUT2D eigenvalue weighted by molar-refractivity contribution is 7.87. The summed E-state index contributed by atoms with van der Waals surface area (Å²) in [6.45, 7) is 3.21. The number of aliphatic carboxylic acids is 1. The molecule has 0 fully saturated rings. The van der Waals surface area contributed by atoms with E-state index in [0.717, 1.165) is 0 Å². The molecule has 0 aromatic rings.